The molecule has 1 fully saturated rings. The number of nitrogens with zero attached hydrogens (tertiary/aromatic N) is 4. The molecule has 3 heterocycles. The Balaban J connectivity index is 1.50. The summed E-state index contributed by atoms with van der Waals surface area (Å²) in [5.74, 6) is 1.39. The smallest absolute Gasteiger partial charge is 0.271 e. The van der Waals surface area contributed by atoms with E-state index in [1.54, 1.807) is 12.1 Å². The molecular weight excluding hydrogens is 414 g/mol. The zero-order valence-electron chi connectivity index (χ0n) is 19.2. The second-order valence-corrected chi connectivity index (χ2v) is 9.30. The predicted molar refractivity (Wildman–Crippen MR) is 130 cm³/mol. The van der Waals surface area contributed by atoms with Gasteiger partial charge in [0.1, 0.15) is 5.82 Å². The third-order valence-electron chi connectivity index (χ3n) is 6.93. The number of rotatable bonds is 5. The maximum atomic E-state index is 11.4. The molecule has 7 heteroatoms. The number of non-ortho nitro benzene ring substituents is 1. The standard InChI is InChI=1S/C26H31N5O2/c1-19-12-13-22(31(32)33)16-24(19)30-26-23(11-5-6-14-27-26)25(28-30)21-10-7-15-29(18-21)17-20-8-3-2-4-9-20/h2-4,8-9,12-13,16,21,27H,5-7,10-11,14-15,17-18H2,1H3. The SMILES string of the molecule is Cc1ccc([N+](=O)[O-])cc1-n1nc(C2CCCN(Cc3ccccc3)C2)c2c1NCCCC2. The van der Waals surface area contributed by atoms with Gasteiger partial charge in [-0.3, -0.25) is 15.0 Å². The van der Waals surface area contributed by atoms with Gasteiger partial charge in [-0.1, -0.05) is 36.4 Å². The van der Waals surface area contributed by atoms with E-state index in [2.05, 4.69) is 40.5 Å². The van der Waals surface area contributed by atoms with Crippen molar-refractivity contribution in [2.24, 2.45) is 0 Å². The van der Waals surface area contributed by atoms with Gasteiger partial charge in [-0.2, -0.15) is 5.10 Å². The van der Waals surface area contributed by atoms with Crippen LogP contribution in [0.25, 0.3) is 5.69 Å². The summed E-state index contributed by atoms with van der Waals surface area (Å²) >= 11 is 0. The monoisotopic (exact) mass is 445 g/mol. The fraction of sp³-hybridized carbons (Fsp3) is 0.423. The zero-order chi connectivity index (χ0) is 22.8. The van der Waals surface area contributed by atoms with Crippen LogP contribution in [0.15, 0.2) is 48.5 Å². The van der Waals surface area contributed by atoms with Gasteiger partial charge in [0.05, 0.1) is 16.3 Å². The number of nitro benzene ring substituents is 1. The first-order valence-electron chi connectivity index (χ1n) is 12.0. The molecule has 7 nitrogen and oxygen atoms in total. The van der Waals surface area contributed by atoms with Gasteiger partial charge in [0.25, 0.3) is 5.69 Å². The number of benzene rings is 2. The third kappa shape index (κ3) is 4.50. The van der Waals surface area contributed by atoms with Gasteiger partial charge in [0, 0.05) is 43.2 Å². The van der Waals surface area contributed by atoms with Gasteiger partial charge in [0.15, 0.2) is 0 Å². The second kappa shape index (κ2) is 9.35. The highest BCUT2D eigenvalue weighted by Gasteiger charge is 2.30. The van der Waals surface area contributed by atoms with E-state index in [4.69, 9.17) is 5.10 Å². The summed E-state index contributed by atoms with van der Waals surface area (Å²) in [7, 11) is 0. The lowest BCUT2D eigenvalue weighted by Crippen LogP contribution is -2.34. The van der Waals surface area contributed by atoms with E-state index in [1.165, 1.54) is 16.8 Å². The first-order chi connectivity index (χ1) is 16.1. The molecular formula is C26H31N5O2. The van der Waals surface area contributed by atoms with Crippen molar-refractivity contribution in [1.29, 1.82) is 0 Å². The number of aromatic nitrogens is 2. The van der Waals surface area contributed by atoms with Gasteiger partial charge in [0.2, 0.25) is 0 Å². The molecule has 3 aromatic rings. The Morgan fingerprint density at radius 2 is 2.00 bits per heavy atom. The van der Waals surface area contributed by atoms with Crippen LogP contribution in [0.2, 0.25) is 0 Å². The van der Waals surface area contributed by atoms with E-state index in [0.29, 0.717) is 5.92 Å². The maximum absolute atomic E-state index is 11.4. The normalized spacial score (nSPS) is 18.9. The fourth-order valence-electron chi connectivity index (χ4n) is 5.23. The van der Waals surface area contributed by atoms with E-state index in [9.17, 15) is 10.1 Å². The molecule has 0 bridgehead atoms. The van der Waals surface area contributed by atoms with E-state index in [0.717, 1.165) is 75.4 Å². The number of aryl methyl sites for hydroxylation is 1. The summed E-state index contributed by atoms with van der Waals surface area (Å²) in [6.45, 7) is 5.95. The minimum Gasteiger partial charge on any atom is -0.370 e. The van der Waals surface area contributed by atoms with Crippen molar-refractivity contribution in [2.45, 2.75) is 51.5 Å². The van der Waals surface area contributed by atoms with Crippen LogP contribution in [-0.2, 0) is 13.0 Å². The number of nitro groups is 1. The van der Waals surface area contributed by atoms with Gasteiger partial charge in [-0.15, -0.1) is 0 Å². The van der Waals surface area contributed by atoms with Crippen molar-refractivity contribution in [2.75, 3.05) is 25.0 Å². The topological polar surface area (TPSA) is 76.2 Å². The Morgan fingerprint density at radius 3 is 2.82 bits per heavy atom. The van der Waals surface area contributed by atoms with Crippen LogP contribution in [0, 0.1) is 17.0 Å². The molecule has 0 spiro atoms. The minimum atomic E-state index is -0.331. The first kappa shape index (κ1) is 21.6. The molecule has 0 radical (unpaired) electrons. The molecule has 0 saturated carbocycles. The highest BCUT2D eigenvalue weighted by atomic mass is 16.6. The molecule has 1 aromatic heterocycles. The van der Waals surface area contributed by atoms with Crippen molar-refractivity contribution < 1.29 is 4.92 Å². The molecule has 1 saturated heterocycles. The maximum Gasteiger partial charge on any atom is 0.271 e. The number of anilines is 1. The summed E-state index contributed by atoms with van der Waals surface area (Å²) in [5, 5.41) is 20.2. The van der Waals surface area contributed by atoms with Crippen molar-refractivity contribution >= 4 is 11.5 Å². The molecule has 2 aromatic carbocycles. The summed E-state index contributed by atoms with van der Waals surface area (Å²) in [4.78, 5) is 13.6. The van der Waals surface area contributed by atoms with Crippen molar-refractivity contribution in [3.63, 3.8) is 0 Å². The summed E-state index contributed by atoms with van der Waals surface area (Å²) in [6.07, 6.45) is 5.53. The number of piperidine rings is 1. The Hall–Kier alpha value is -3.19. The van der Waals surface area contributed by atoms with E-state index in [-0.39, 0.29) is 10.6 Å². The molecule has 2 aliphatic rings. The minimum absolute atomic E-state index is 0.0988. The van der Waals surface area contributed by atoms with Gasteiger partial charge >= 0.3 is 0 Å². The van der Waals surface area contributed by atoms with Gasteiger partial charge < -0.3 is 5.32 Å². The molecule has 0 amide bonds. The van der Waals surface area contributed by atoms with Crippen LogP contribution < -0.4 is 5.32 Å². The summed E-state index contributed by atoms with van der Waals surface area (Å²) in [6, 6.07) is 15.7. The van der Waals surface area contributed by atoms with Crippen LogP contribution in [0.4, 0.5) is 11.5 Å². The predicted octanol–water partition coefficient (Wildman–Crippen LogP) is 5.22. The third-order valence-corrected chi connectivity index (χ3v) is 6.93. The van der Waals surface area contributed by atoms with Gasteiger partial charge in [-0.25, -0.2) is 4.68 Å². The number of hydrogen-bond acceptors (Lipinski definition) is 5. The number of nitrogens with one attached hydrogen (secondary N) is 1. The lowest BCUT2D eigenvalue weighted by atomic mass is 9.91. The van der Waals surface area contributed by atoms with Crippen molar-refractivity contribution in [1.82, 2.24) is 14.7 Å². The summed E-state index contributed by atoms with van der Waals surface area (Å²) < 4.78 is 1.94. The molecule has 172 valence electrons. The molecule has 1 unspecified atom stereocenters. The van der Waals surface area contributed by atoms with Crippen LogP contribution in [0.3, 0.4) is 0 Å². The average molecular weight is 446 g/mol. The van der Waals surface area contributed by atoms with Gasteiger partial charge in [-0.05, 0) is 56.7 Å². The van der Waals surface area contributed by atoms with E-state index in [1.807, 2.05) is 17.7 Å². The number of fused-ring (bicyclic) bond motifs is 1. The molecule has 1 atom stereocenters. The Morgan fingerprint density at radius 1 is 1.15 bits per heavy atom. The van der Waals surface area contributed by atoms with Crippen LogP contribution in [0.5, 0.6) is 0 Å². The summed E-state index contributed by atoms with van der Waals surface area (Å²) in [5.41, 5.74) is 5.68. The Kier molecular flexibility index (Phi) is 6.13. The van der Waals surface area contributed by atoms with E-state index >= 15 is 0 Å². The molecule has 1 N–H and O–H groups in total. The number of likely N-dealkylation sites (tertiary alicyclic amines) is 1. The van der Waals surface area contributed by atoms with E-state index < -0.39 is 0 Å². The average Bonchev–Trinajstić information content (AvgIpc) is 3.00. The quantitative estimate of drug-likeness (QED) is 0.431. The number of hydrogen-bond donors (Lipinski definition) is 1. The largest absolute Gasteiger partial charge is 0.370 e. The van der Waals surface area contributed by atoms with Crippen LogP contribution >= 0.6 is 0 Å². The van der Waals surface area contributed by atoms with Crippen LogP contribution in [0.1, 0.15) is 54.0 Å². The van der Waals surface area contributed by atoms with Crippen molar-refractivity contribution in [3.05, 3.63) is 81.0 Å². The molecule has 33 heavy (non-hydrogen) atoms. The molecule has 5 rings (SSSR count). The highest BCUT2D eigenvalue weighted by molar-refractivity contribution is 5.58. The van der Waals surface area contributed by atoms with Crippen LogP contribution in [-0.4, -0.2) is 39.2 Å². The van der Waals surface area contributed by atoms with Crippen molar-refractivity contribution in [3.8, 4) is 5.69 Å². The highest BCUT2D eigenvalue weighted by Crippen LogP contribution is 2.37. The molecule has 0 aliphatic carbocycles. The Labute approximate surface area is 194 Å². The first-order valence-corrected chi connectivity index (χ1v) is 12.0. The Bertz CT molecular complexity index is 1140. The fourth-order valence-corrected chi connectivity index (χ4v) is 5.23. The lowest BCUT2D eigenvalue weighted by Gasteiger charge is -2.32. The zero-order valence-corrected chi connectivity index (χ0v) is 19.2. The molecule has 2 aliphatic heterocycles. The second-order valence-electron chi connectivity index (χ2n) is 9.30. The lowest BCUT2D eigenvalue weighted by molar-refractivity contribution is -0.384.